The molecule has 1 N–H and O–H groups in total. The van der Waals surface area contributed by atoms with Gasteiger partial charge in [0.2, 0.25) is 0 Å². The van der Waals surface area contributed by atoms with Gasteiger partial charge in [-0.2, -0.15) is 0 Å². The second-order valence-electron chi connectivity index (χ2n) is 9.45. The Morgan fingerprint density at radius 2 is 1.78 bits per heavy atom. The minimum Gasteiger partial charge on any atom is -0.348 e. The number of benzene rings is 1. The Bertz CT molecular complexity index is 861. The van der Waals surface area contributed by atoms with Crippen LogP contribution in [0, 0.1) is 0 Å². The monoisotopic (exact) mass is 458 g/mol. The van der Waals surface area contributed by atoms with Crippen molar-refractivity contribution in [3.63, 3.8) is 0 Å². The van der Waals surface area contributed by atoms with Crippen molar-refractivity contribution in [1.82, 2.24) is 9.71 Å². The fraction of sp³-hybridized carbons (Fsp3) is 0.577. The van der Waals surface area contributed by atoms with E-state index in [4.69, 9.17) is 9.47 Å². The van der Waals surface area contributed by atoms with Crippen LogP contribution in [0.25, 0.3) is 11.1 Å². The Balaban J connectivity index is 1.65. The molecule has 0 bridgehead atoms. The third-order valence-electron chi connectivity index (χ3n) is 5.95. The van der Waals surface area contributed by atoms with Gasteiger partial charge in [0.1, 0.15) is 0 Å². The topological polar surface area (TPSA) is 60.5 Å². The van der Waals surface area contributed by atoms with Crippen LogP contribution in [0.2, 0.25) is 0 Å². The van der Waals surface area contributed by atoms with Gasteiger partial charge in [-0.15, -0.1) is 0 Å². The lowest BCUT2D eigenvalue weighted by molar-refractivity contribution is -0.164. The van der Waals surface area contributed by atoms with Crippen LogP contribution in [0.5, 0.6) is 0 Å². The van der Waals surface area contributed by atoms with Crippen molar-refractivity contribution in [1.29, 1.82) is 0 Å². The van der Waals surface area contributed by atoms with E-state index in [1.165, 1.54) is 0 Å². The van der Waals surface area contributed by atoms with Crippen LogP contribution in [0.4, 0.5) is 0 Å². The smallest absolute Gasteiger partial charge is 0.168 e. The van der Waals surface area contributed by atoms with Gasteiger partial charge in [0, 0.05) is 12.6 Å². The molecule has 3 rings (SSSR count). The predicted octanol–water partition coefficient (Wildman–Crippen LogP) is 5.95. The quantitative estimate of drug-likeness (QED) is 0.423. The Morgan fingerprint density at radius 3 is 2.44 bits per heavy atom. The zero-order chi connectivity index (χ0) is 23.0. The summed E-state index contributed by atoms with van der Waals surface area (Å²) < 4.78 is 27.6. The SMILES string of the molecule is CCC1(CCCCC[C@H](NS(=O)C(C)(C)C)c2cc(-c3ccccc3)ccn2)OCCO1. The van der Waals surface area contributed by atoms with Crippen molar-refractivity contribution >= 4 is 11.0 Å². The van der Waals surface area contributed by atoms with E-state index in [0.29, 0.717) is 13.2 Å². The van der Waals surface area contributed by atoms with Crippen LogP contribution >= 0.6 is 0 Å². The number of nitrogens with one attached hydrogen (secondary N) is 1. The predicted molar refractivity (Wildman–Crippen MR) is 131 cm³/mol. The molecule has 1 aliphatic heterocycles. The summed E-state index contributed by atoms with van der Waals surface area (Å²) in [4.78, 5) is 4.65. The second-order valence-corrected chi connectivity index (χ2v) is 11.4. The maximum absolute atomic E-state index is 12.9. The van der Waals surface area contributed by atoms with Crippen LogP contribution in [0.3, 0.4) is 0 Å². The molecule has 2 heterocycles. The molecular formula is C26H38N2O3S. The van der Waals surface area contributed by atoms with Gasteiger partial charge in [-0.05, 0) is 63.3 Å². The molecule has 32 heavy (non-hydrogen) atoms. The highest BCUT2D eigenvalue weighted by Crippen LogP contribution is 2.30. The highest BCUT2D eigenvalue weighted by atomic mass is 32.2. The molecule has 176 valence electrons. The van der Waals surface area contributed by atoms with Gasteiger partial charge in [-0.1, -0.05) is 50.1 Å². The standard InChI is InChI=1S/C26H38N2O3S/c1-5-26(30-18-19-31-26)16-11-7-10-14-23(28-32(29)25(2,3)4)24-20-22(15-17-27-24)21-12-8-6-9-13-21/h6,8-9,12-13,15,17,20,23,28H,5,7,10-11,14,16,18-19H2,1-4H3/t23-,32?/m0/s1. The molecule has 1 saturated heterocycles. The van der Waals surface area contributed by atoms with Gasteiger partial charge < -0.3 is 9.47 Å². The van der Waals surface area contributed by atoms with Gasteiger partial charge in [-0.25, -0.2) is 8.93 Å². The molecule has 2 atom stereocenters. The minimum atomic E-state index is -1.17. The van der Waals surface area contributed by atoms with Gasteiger partial charge in [0.05, 0.1) is 40.7 Å². The molecule has 1 unspecified atom stereocenters. The van der Waals surface area contributed by atoms with E-state index in [1.54, 1.807) is 0 Å². The van der Waals surface area contributed by atoms with Crippen LogP contribution in [0.15, 0.2) is 48.7 Å². The average Bonchev–Trinajstić information content (AvgIpc) is 3.27. The lowest BCUT2D eigenvalue weighted by Crippen LogP contribution is -2.36. The van der Waals surface area contributed by atoms with E-state index in [1.807, 2.05) is 51.2 Å². The van der Waals surface area contributed by atoms with Gasteiger partial charge >= 0.3 is 0 Å². The summed E-state index contributed by atoms with van der Waals surface area (Å²) >= 11 is 0. The van der Waals surface area contributed by atoms with Crippen molar-refractivity contribution in [2.75, 3.05) is 13.2 Å². The summed E-state index contributed by atoms with van der Waals surface area (Å²) in [5, 5.41) is 0. The molecule has 0 radical (unpaired) electrons. The highest BCUT2D eigenvalue weighted by molar-refractivity contribution is 7.84. The number of unbranched alkanes of at least 4 members (excludes halogenated alkanes) is 2. The van der Waals surface area contributed by atoms with Crippen LogP contribution in [-0.2, 0) is 20.5 Å². The summed E-state index contributed by atoms with van der Waals surface area (Å²) in [6.07, 6.45) is 7.71. The van der Waals surface area contributed by atoms with Crippen LogP contribution in [0.1, 0.15) is 78.0 Å². The van der Waals surface area contributed by atoms with Crippen molar-refractivity contribution in [2.45, 2.75) is 82.8 Å². The lowest BCUT2D eigenvalue weighted by Gasteiger charge is -2.26. The van der Waals surface area contributed by atoms with Crippen LogP contribution < -0.4 is 4.72 Å². The number of hydrogen-bond acceptors (Lipinski definition) is 4. The van der Waals surface area contributed by atoms with Gasteiger partial charge in [-0.3, -0.25) is 4.98 Å². The molecule has 2 aromatic rings. The average molecular weight is 459 g/mol. The summed E-state index contributed by atoms with van der Waals surface area (Å²) in [5.41, 5.74) is 3.23. The Kier molecular flexibility index (Phi) is 9.00. The van der Waals surface area contributed by atoms with Gasteiger partial charge in [0.25, 0.3) is 0 Å². The summed E-state index contributed by atoms with van der Waals surface area (Å²) in [7, 11) is -1.17. The number of pyridine rings is 1. The Labute approximate surface area is 195 Å². The first kappa shape index (κ1) is 25.0. The lowest BCUT2D eigenvalue weighted by atomic mass is 9.99. The summed E-state index contributed by atoms with van der Waals surface area (Å²) in [6.45, 7) is 9.49. The van der Waals surface area contributed by atoms with Crippen molar-refractivity contribution in [2.24, 2.45) is 0 Å². The molecule has 1 aromatic heterocycles. The first-order chi connectivity index (χ1) is 15.3. The third-order valence-corrected chi connectivity index (χ3v) is 7.56. The molecule has 1 aromatic carbocycles. The van der Waals surface area contributed by atoms with E-state index in [2.05, 4.69) is 34.8 Å². The second kappa shape index (κ2) is 11.5. The molecule has 0 aliphatic carbocycles. The molecule has 1 aliphatic rings. The van der Waals surface area contributed by atoms with E-state index in [9.17, 15) is 4.21 Å². The van der Waals surface area contributed by atoms with Gasteiger partial charge in [0.15, 0.2) is 5.79 Å². The Morgan fingerprint density at radius 1 is 1.06 bits per heavy atom. The molecule has 5 nitrogen and oxygen atoms in total. The van der Waals surface area contributed by atoms with E-state index >= 15 is 0 Å². The van der Waals surface area contributed by atoms with E-state index in [0.717, 1.165) is 55.3 Å². The minimum absolute atomic E-state index is 0.0576. The molecule has 0 amide bonds. The van der Waals surface area contributed by atoms with Crippen LogP contribution in [-0.4, -0.2) is 32.9 Å². The zero-order valence-corrected chi connectivity index (χ0v) is 20.7. The summed E-state index contributed by atoms with van der Waals surface area (Å²) in [5.74, 6) is -0.378. The first-order valence-corrected chi connectivity index (χ1v) is 13.0. The Hall–Kier alpha value is -1.60. The molecule has 1 fully saturated rings. The number of hydrogen-bond donors (Lipinski definition) is 1. The van der Waals surface area contributed by atoms with Crippen molar-refractivity contribution in [3.8, 4) is 11.1 Å². The molecule has 0 spiro atoms. The normalized spacial score (nSPS) is 17.9. The third kappa shape index (κ3) is 6.95. The fourth-order valence-corrected chi connectivity index (χ4v) is 4.81. The number of aromatic nitrogens is 1. The maximum Gasteiger partial charge on any atom is 0.168 e. The van der Waals surface area contributed by atoms with E-state index in [-0.39, 0.29) is 16.6 Å². The first-order valence-electron chi connectivity index (χ1n) is 11.8. The summed E-state index contributed by atoms with van der Waals surface area (Å²) in [6, 6.07) is 14.4. The largest absolute Gasteiger partial charge is 0.348 e. The molecule has 6 heteroatoms. The zero-order valence-electron chi connectivity index (χ0n) is 19.9. The van der Waals surface area contributed by atoms with E-state index < -0.39 is 11.0 Å². The van der Waals surface area contributed by atoms with Crippen molar-refractivity contribution in [3.05, 3.63) is 54.4 Å². The number of nitrogens with zero attached hydrogens (tertiary/aromatic N) is 1. The molecular weight excluding hydrogens is 420 g/mol. The molecule has 0 saturated carbocycles. The highest BCUT2D eigenvalue weighted by Gasteiger charge is 2.33. The fourth-order valence-electron chi connectivity index (χ4n) is 3.96. The van der Waals surface area contributed by atoms with Crippen molar-refractivity contribution < 1.29 is 13.7 Å². The number of ether oxygens (including phenoxy) is 2. The number of rotatable bonds is 11. The maximum atomic E-state index is 12.9.